The van der Waals surface area contributed by atoms with E-state index in [1.807, 2.05) is 18.2 Å². The molecule has 98 valence electrons. The Morgan fingerprint density at radius 3 is 2.78 bits per heavy atom. The molecule has 18 heavy (non-hydrogen) atoms. The number of hydrogen-bond donors (Lipinski definition) is 2. The smallest absolute Gasteiger partial charge is 0.255 e. The fourth-order valence-electron chi connectivity index (χ4n) is 1.97. The van der Waals surface area contributed by atoms with Gasteiger partial charge in [-0.05, 0) is 23.1 Å². The van der Waals surface area contributed by atoms with Crippen LogP contribution in [0.25, 0.3) is 0 Å². The van der Waals surface area contributed by atoms with Gasteiger partial charge in [0.15, 0.2) is 0 Å². The molecule has 1 aliphatic heterocycles. The van der Waals surface area contributed by atoms with Gasteiger partial charge in [-0.3, -0.25) is 4.79 Å². The van der Waals surface area contributed by atoms with Gasteiger partial charge in [0.25, 0.3) is 5.91 Å². The van der Waals surface area contributed by atoms with E-state index >= 15 is 0 Å². The average Bonchev–Trinajstić information content (AvgIpc) is 2.49. The lowest BCUT2D eigenvalue weighted by Crippen LogP contribution is -2.27. The number of carbonyl (C=O) groups is 1. The number of carbonyl (C=O) groups excluding carboxylic acids is 1. The van der Waals surface area contributed by atoms with Gasteiger partial charge >= 0.3 is 0 Å². The molecule has 2 rings (SSSR count). The minimum atomic E-state index is -0.112. The Labute approximate surface area is 108 Å². The number of fused-ring (bicyclic) bond motifs is 1. The number of rotatable bonds is 1. The van der Waals surface area contributed by atoms with Crippen LogP contribution in [0.15, 0.2) is 18.2 Å². The average molecular weight is 248 g/mol. The molecule has 0 bridgehead atoms. The maximum absolute atomic E-state index is 11.9. The summed E-state index contributed by atoms with van der Waals surface area (Å²) in [6.07, 6.45) is 0. The first-order chi connectivity index (χ1) is 8.39. The van der Waals surface area contributed by atoms with Crippen molar-refractivity contribution < 1.29 is 9.53 Å². The molecule has 4 heteroatoms. The minimum Gasteiger partial charge on any atom is -0.491 e. The standard InChI is InChI=1S/C14H20N2O2/c1-14(2,3)12(15)9-4-5-11-10(8-9)13(17)16-6-7-18-11/h4-5,8,12H,6-7,15H2,1-3H3,(H,16,17). The zero-order valence-electron chi connectivity index (χ0n) is 11.1. The van der Waals surface area contributed by atoms with E-state index in [0.29, 0.717) is 24.5 Å². The minimum absolute atomic E-state index is 0.0453. The zero-order chi connectivity index (χ0) is 13.3. The number of nitrogens with two attached hydrogens (primary N) is 1. The second kappa shape index (κ2) is 4.61. The second-order valence-corrected chi connectivity index (χ2v) is 5.70. The van der Waals surface area contributed by atoms with E-state index < -0.39 is 0 Å². The van der Waals surface area contributed by atoms with Crippen molar-refractivity contribution in [1.29, 1.82) is 0 Å². The van der Waals surface area contributed by atoms with Crippen LogP contribution in [0.1, 0.15) is 42.7 Å². The van der Waals surface area contributed by atoms with Gasteiger partial charge in [-0.2, -0.15) is 0 Å². The van der Waals surface area contributed by atoms with E-state index in [9.17, 15) is 4.79 Å². The summed E-state index contributed by atoms with van der Waals surface area (Å²) in [6, 6.07) is 5.50. The van der Waals surface area contributed by atoms with Crippen LogP contribution in [-0.4, -0.2) is 19.1 Å². The topological polar surface area (TPSA) is 64.4 Å². The first-order valence-corrected chi connectivity index (χ1v) is 6.20. The maximum atomic E-state index is 11.9. The Bertz CT molecular complexity index is 463. The van der Waals surface area contributed by atoms with Crippen LogP contribution in [0.4, 0.5) is 0 Å². The molecule has 1 heterocycles. The predicted octanol–water partition coefficient (Wildman–Crippen LogP) is 1.85. The first-order valence-electron chi connectivity index (χ1n) is 6.20. The molecule has 1 aromatic rings. The van der Waals surface area contributed by atoms with Gasteiger partial charge in [0, 0.05) is 6.04 Å². The summed E-state index contributed by atoms with van der Waals surface area (Å²) < 4.78 is 5.52. The van der Waals surface area contributed by atoms with Crippen molar-refractivity contribution in [1.82, 2.24) is 5.32 Å². The Hall–Kier alpha value is -1.55. The van der Waals surface area contributed by atoms with Gasteiger partial charge in [-0.15, -0.1) is 0 Å². The lowest BCUT2D eigenvalue weighted by Gasteiger charge is -2.27. The van der Waals surface area contributed by atoms with Crippen LogP contribution in [0, 0.1) is 5.41 Å². The van der Waals surface area contributed by atoms with Gasteiger partial charge < -0.3 is 15.8 Å². The van der Waals surface area contributed by atoms with Gasteiger partial charge in [-0.25, -0.2) is 0 Å². The molecule has 1 unspecified atom stereocenters. The van der Waals surface area contributed by atoms with Crippen LogP contribution in [0.2, 0.25) is 0 Å². The molecule has 0 saturated heterocycles. The number of amides is 1. The third-order valence-electron chi connectivity index (χ3n) is 3.19. The molecule has 3 N–H and O–H groups in total. The van der Waals surface area contributed by atoms with Crippen molar-refractivity contribution in [3.8, 4) is 5.75 Å². The normalized spacial score (nSPS) is 17.2. The van der Waals surface area contributed by atoms with Crippen molar-refractivity contribution in [3.05, 3.63) is 29.3 Å². The van der Waals surface area contributed by atoms with Crippen molar-refractivity contribution in [3.63, 3.8) is 0 Å². The highest BCUT2D eigenvalue weighted by molar-refractivity contribution is 5.97. The summed E-state index contributed by atoms with van der Waals surface area (Å²) in [5.74, 6) is 0.542. The molecule has 1 amide bonds. The van der Waals surface area contributed by atoms with Crippen molar-refractivity contribution in [2.45, 2.75) is 26.8 Å². The Morgan fingerprint density at radius 1 is 1.39 bits per heavy atom. The van der Waals surface area contributed by atoms with E-state index in [2.05, 4.69) is 26.1 Å². The lowest BCUT2D eigenvalue weighted by molar-refractivity contribution is 0.0957. The number of nitrogens with one attached hydrogen (secondary N) is 1. The second-order valence-electron chi connectivity index (χ2n) is 5.70. The number of hydrogen-bond acceptors (Lipinski definition) is 3. The molecule has 1 atom stereocenters. The summed E-state index contributed by atoms with van der Waals surface area (Å²) in [5, 5.41) is 2.80. The molecular formula is C14H20N2O2. The molecular weight excluding hydrogens is 228 g/mol. The zero-order valence-corrected chi connectivity index (χ0v) is 11.1. The van der Waals surface area contributed by atoms with E-state index in [4.69, 9.17) is 10.5 Å². The van der Waals surface area contributed by atoms with Crippen molar-refractivity contribution in [2.75, 3.05) is 13.2 Å². The fraction of sp³-hybridized carbons (Fsp3) is 0.500. The molecule has 4 nitrogen and oxygen atoms in total. The summed E-state index contributed by atoms with van der Waals surface area (Å²) >= 11 is 0. The van der Waals surface area contributed by atoms with Gasteiger partial charge in [0.2, 0.25) is 0 Å². The maximum Gasteiger partial charge on any atom is 0.255 e. The molecule has 1 aliphatic rings. The Kier molecular flexibility index (Phi) is 3.30. The number of benzene rings is 1. The quantitative estimate of drug-likeness (QED) is 0.797. The molecule has 0 fully saturated rings. The molecule has 0 spiro atoms. The van der Waals surface area contributed by atoms with E-state index in [0.717, 1.165) is 5.56 Å². The van der Waals surface area contributed by atoms with E-state index in [1.165, 1.54) is 0 Å². The fourth-order valence-corrected chi connectivity index (χ4v) is 1.97. The third kappa shape index (κ3) is 2.48. The largest absolute Gasteiger partial charge is 0.491 e. The van der Waals surface area contributed by atoms with E-state index in [1.54, 1.807) is 0 Å². The summed E-state index contributed by atoms with van der Waals surface area (Å²) in [7, 11) is 0. The first kappa shape index (κ1) is 12.9. The predicted molar refractivity (Wildman–Crippen MR) is 70.7 cm³/mol. The van der Waals surface area contributed by atoms with Crippen LogP contribution in [-0.2, 0) is 0 Å². The monoisotopic (exact) mass is 248 g/mol. The third-order valence-corrected chi connectivity index (χ3v) is 3.19. The molecule has 0 aliphatic carbocycles. The molecule has 0 saturated carbocycles. The van der Waals surface area contributed by atoms with Gasteiger partial charge in [0.05, 0.1) is 12.1 Å². The van der Waals surface area contributed by atoms with Crippen LogP contribution in [0.3, 0.4) is 0 Å². The highest BCUT2D eigenvalue weighted by Gasteiger charge is 2.25. The lowest BCUT2D eigenvalue weighted by atomic mass is 9.82. The number of ether oxygens (including phenoxy) is 1. The van der Waals surface area contributed by atoms with Crippen molar-refractivity contribution in [2.24, 2.45) is 11.1 Å². The van der Waals surface area contributed by atoms with Crippen LogP contribution < -0.4 is 15.8 Å². The van der Waals surface area contributed by atoms with Crippen molar-refractivity contribution >= 4 is 5.91 Å². The Morgan fingerprint density at radius 2 is 2.11 bits per heavy atom. The van der Waals surface area contributed by atoms with E-state index in [-0.39, 0.29) is 17.4 Å². The van der Waals surface area contributed by atoms with Gasteiger partial charge in [-0.1, -0.05) is 26.8 Å². The highest BCUT2D eigenvalue weighted by Crippen LogP contribution is 2.33. The summed E-state index contributed by atoms with van der Waals surface area (Å²) in [4.78, 5) is 11.9. The SMILES string of the molecule is CC(C)(C)C(N)c1ccc2c(c1)C(=O)NCCO2. The molecule has 0 radical (unpaired) electrons. The highest BCUT2D eigenvalue weighted by atomic mass is 16.5. The van der Waals surface area contributed by atoms with Gasteiger partial charge in [0.1, 0.15) is 12.4 Å². The summed E-state index contributed by atoms with van der Waals surface area (Å²) in [5.41, 5.74) is 7.71. The molecule has 1 aromatic carbocycles. The molecule has 0 aromatic heterocycles. The Balaban J connectivity index is 2.40. The summed E-state index contributed by atoms with van der Waals surface area (Å²) in [6.45, 7) is 7.29. The van der Waals surface area contributed by atoms with Crippen LogP contribution in [0.5, 0.6) is 5.75 Å². The van der Waals surface area contributed by atoms with Crippen LogP contribution >= 0.6 is 0 Å².